The van der Waals surface area contributed by atoms with Crippen molar-refractivity contribution in [1.82, 2.24) is 9.78 Å². The zero-order valence-electron chi connectivity index (χ0n) is 22.1. The van der Waals surface area contributed by atoms with E-state index >= 15 is 0 Å². The molecular weight excluding hydrogens is 516 g/mol. The number of carbonyl (C=O) groups is 3. The Hall–Kier alpha value is -5.70. The molecule has 0 aliphatic rings. The molecule has 0 fully saturated rings. The molecule has 41 heavy (non-hydrogen) atoms. The van der Waals surface area contributed by atoms with Crippen LogP contribution in [0.2, 0.25) is 0 Å². The van der Waals surface area contributed by atoms with Crippen LogP contribution < -0.4 is 21.7 Å². The van der Waals surface area contributed by atoms with Crippen LogP contribution in [0.15, 0.2) is 121 Å². The van der Waals surface area contributed by atoms with Crippen LogP contribution in [-0.4, -0.2) is 27.5 Å². The Labute approximate surface area is 237 Å². The summed E-state index contributed by atoms with van der Waals surface area (Å²) in [6, 6.07) is 34.2. The first-order valence-electron chi connectivity index (χ1n) is 12.9. The van der Waals surface area contributed by atoms with E-state index in [0.717, 1.165) is 5.69 Å². The zero-order chi connectivity index (χ0) is 28.8. The number of primary amides is 1. The number of aromatic nitrogens is 2. The molecule has 9 nitrogen and oxygen atoms in total. The maximum atomic E-state index is 13.7. The molecule has 5 rings (SSSR count). The quantitative estimate of drug-likeness (QED) is 0.231. The number of carbonyl (C=O) groups excluding carboxylic acids is 3. The molecule has 1 heterocycles. The molecule has 0 aliphatic carbocycles. The number of benzene rings is 4. The third-order valence-corrected chi connectivity index (χ3v) is 6.54. The summed E-state index contributed by atoms with van der Waals surface area (Å²) in [6.45, 7) is 0. The predicted molar refractivity (Wildman–Crippen MR) is 159 cm³/mol. The maximum Gasteiger partial charge on any atom is 0.256 e. The van der Waals surface area contributed by atoms with Crippen molar-refractivity contribution in [3.8, 4) is 5.69 Å². The number of anilines is 4. The average Bonchev–Trinajstić information content (AvgIpc) is 3.37. The number of rotatable bonds is 9. The first kappa shape index (κ1) is 26.9. The van der Waals surface area contributed by atoms with Crippen LogP contribution in [-0.2, 0) is 16.0 Å². The highest BCUT2D eigenvalue weighted by Crippen LogP contribution is 2.28. The number of para-hydroxylation sites is 3. The molecule has 0 radical (unpaired) electrons. The minimum Gasteiger partial charge on any atom is -0.394 e. The lowest BCUT2D eigenvalue weighted by Crippen LogP contribution is -2.41. The van der Waals surface area contributed by atoms with Crippen molar-refractivity contribution in [2.45, 2.75) is 6.42 Å². The summed E-state index contributed by atoms with van der Waals surface area (Å²) in [5, 5.41) is 7.11. The van der Waals surface area contributed by atoms with Gasteiger partial charge in [-0.1, -0.05) is 66.7 Å². The van der Waals surface area contributed by atoms with E-state index in [1.807, 2.05) is 66.7 Å². The first-order chi connectivity index (χ1) is 19.9. The van der Waals surface area contributed by atoms with Gasteiger partial charge in [0.1, 0.15) is 5.92 Å². The van der Waals surface area contributed by atoms with Gasteiger partial charge in [0.2, 0.25) is 11.8 Å². The molecule has 9 heteroatoms. The fraction of sp³-hybridized carbons (Fsp3) is 0.0625. The Morgan fingerprint density at radius 1 is 0.780 bits per heavy atom. The summed E-state index contributed by atoms with van der Waals surface area (Å²) >= 11 is 0. The van der Waals surface area contributed by atoms with Gasteiger partial charge in [0.05, 0.1) is 17.6 Å². The van der Waals surface area contributed by atoms with Gasteiger partial charge in [0.15, 0.2) is 5.82 Å². The summed E-state index contributed by atoms with van der Waals surface area (Å²) in [7, 11) is 0. The topological polar surface area (TPSA) is 136 Å². The van der Waals surface area contributed by atoms with Gasteiger partial charge in [-0.25, -0.2) is 4.68 Å². The van der Waals surface area contributed by atoms with Crippen molar-refractivity contribution in [3.05, 3.63) is 133 Å². The zero-order valence-corrected chi connectivity index (χ0v) is 22.1. The first-order valence-corrected chi connectivity index (χ1v) is 12.9. The SMILES string of the molecule is NC(=O)C(Cc1ccc(C(=O)Nc2nn(-c3ccccc3)cc2N)cc1)C(=O)N(c1ccccc1)c1ccccc1. The Balaban J connectivity index is 1.32. The van der Waals surface area contributed by atoms with Crippen LogP contribution in [0, 0.1) is 5.92 Å². The second-order valence-electron chi connectivity index (χ2n) is 9.37. The molecule has 204 valence electrons. The smallest absolute Gasteiger partial charge is 0.256 e. The normalized spacial score (nSPS) is 11.4. The van der Waals surface area contributed by atoms with Crippen LogP contribution in [0.4, 0.5) is 22.9 Å². The summed E-state index contributed by atoms with van der Waals surface area (Å²) in [4.78, 5) is 40.7. The molecule has 0 spiro atoms. The Kier molecular flexibility index (Phi) is 7.87. The van der Waals surface area contributed by atoms with Gasteiger partial charge in [0.25, 0.3) is 5.91 Å². The second-order valence-corrected chi connectivity index (χ2v) is 9.37. The van der Waals surface area contributed by atoms with Gasteiger partial charge in [-0.15, -0.1) is 5.10 Å². The Morgan fingerprint density at radius 3 is 1.85 bits per heavy atom. The van der Waals surface area contributed by atoms with Crippen molar-refractivity contribution in [3.63, 3.8) is 0 Å². The summed E-state index contributed by atoms with van der Waals surface area (Å²) in [6.07, 6.45) is 1.70. The molecule has 5 N–H and O–H groups in total. The fourth-order valence-electron chi connectivity index (χ4n) is 4.43. The van der Waals surface area contributed by atoms with Gasteiger partial charge < -0.3 is 16.8 Å². The third-order valence-electron chi connectivity index (χ3n) is 6.54. The monoisotopic (exact) mass is 544 g/mol. The molecule has 1 atom stereocenters. The minimum absolute atomic E-state index is 0.0701. The number of hydrogen-bond acceptors (Lipinski definition) is 5. The van der Waals surface area contributed by atoms with E-state index in [9.17, 15) is 14.4 Å². The molecule has 0 bridgehead atoms. The molecule has 1 aromatic heterocycles. The molecule has 5 aromatic rings. The van der Waals surface area contributed by atoms with Crippen LogP contribution in [0.3, 0.4) is 0 Å². The van der Waals surface area contributed by atoms with Crippen molar-refractivity contribution >= 4 is 40.6 Å². The summed E-state index contributed by atoms with van der Waals surface area (Å²) in [5.74, 6) is -2.47. The standard InChI is InChI=1S/C32H28N6O3/c33-28-21-37(24-10-4-1-5-11-24)36-30(28)35-31(40)23-18-16-22(17-19-23)20-27(29(34)39)32(41)38(25-12-6-2-7-13-25)26-14-8-3-9-15-26/h1-19,21,27H,20,33H2,(H2,34,39)(H,35,36,40). The number of nitrogens with zero attached hydrogens (tertiary/aromatic N) is 3. The molecule has 4 aromatic carbocycles. The molecule has 1 unspecified atom stereocenters. The van der Waals surface area contributed by atoms with Gasteiger partial charge in [-0.3, -0.25) is 19.3 Å². The number of nitrogens with two attached hydrogens (primary N) is 2. The summed E-state index contributed by atoms with van der Waals surface area (Å²) < 4.78 is 1.59. The van der Waals surface area contributed by atoms with E-state index in [4.69, 9.17) is 11.5 Å². The van der Waals surface area contributed by atoms with E-state index in [0.29, 0.717) is 28.2 Å². The second kappa shape index (κ2) is 12.0. The lowest BCUT2D eigenvalue weighted by Gasteiger charge is -2.26. The Morgan fingerprint density at radius 2 is 1.32 bits per heavy atom. The van der Waals surface area contributed by atoms with Crippen molar-refractivity contribution < 1.29 is 14.4 Å². The van der Waals surface area contributed by atoms with Crippen LogP contribution >= 0.6 is 0 Å². The molecule has 0 saturated carbocycles. The van der Waals surface area contributed by atoms with E-state index in [2.05, 4.69) is 10.4 Å². The van der Waals surface area contributed by atoms with E-state index < -0.39 is 23.6 Å². The summed E-state index contributed by atoms with van der Waals surface area (Å²) in [5.41, 5.74) is 15.2. The highest BCUT2D eigenvalue weighted by atomic mass is 16.2. The molecule has 3 amide bonds. The number of nitrogen functional groups attached to an aromatic ring is 1. The fourth-order valence-corrected chi connectivity index (χ4v) is 4.43. The third kappa shape index (κ3) is 6.15. The van der Waals surface area contributed by atoms with E-state index in [1.54, 1.807) is 59.4 Å². The number of nitrogens with one attached hydrogen (secondary N) is 1. The van der Waals surface area contributed by atoms with Crippen LogP contribution in [0.25, 0.3) is 5.69 Å². The highest BCUT2D eigenvalue weighted by molar-refractivity contribution is 6.11. The van der Waals surface area contributed by atoms with Gasteiger partial charge >= 0.3 is 0 Å². The lowest BCUT2D eigenvalue weighted by molar-refractivity contribution is -0.131. The minimum atomic E-state index is -1.13. The lowest BCUT2D eigenvalue weighted by atomic mass is 9.95. The largest absolute Gasteiger partial charge is 0.394 e. The molecule has 0 saturated heterocycles. The highest BCUT2D eigenvalue weighted by Gasteiger charge is 2.31. The van der Waals surface area contributed by atoms with Crippen LogP contribution in [0.1, 0.15) is 15.9 Å². The predicted octanol–water partition coefficient (Wildman–Crippen LogP) is 4.72. The van der Waals surface area contributed by atoms with Crippen LogP contribution in [0.5, 0.6) is 0 Å². The van der Waals surface area contributed by atoms with Crippen molar-refractivity contribution in [1.29, 1.82) is 0 Å². The van der Waals surface area contributed by atoms with Crippen molar-refractivity contribution in [2.75, 3.05) is 16.0 Å². The van der Waals surface area contributed by atoms with Crippen molar-refractivity contribution in [2.24, 2.45) is 11.7 Å². The molecular formula is C32H28N6O3. The van der Waals surface area contributed by atoms with Gasteiger partial charge in [0, 0.05) is 16.9 Å². The van der Waals surface area contributed by atoms with E-state index in [1.165, 1.54) is 4.90 Å². The van der Waals surface area contributed by atoms with Gasteiger partial charge in [-0.2, -0.15) is 0 Å². The van der Waals surface area contributed by atoms with E-state index in [-0.39, 0.29) is 12.2 Å². The number of amides is 3. The van der Waals surface area contributed by atoms with Gasteiger partial charge in [-0.05, 0) is 60.5 Å². The molecule has 0 aliphatic heterocycles. The number of hydrogen-bond donors (Lipinski definition) is 3. The average molecular weight is 545 g/mol. The maximum absolute atomic E-state index is 13.7. The Bertz CT molecular complexity index is 1610.